The van der Waals surface area contributed by atoms with Crippen LogP contribution in [0.1, 0.15) is 39.5 Å². The largest absolute Gasteiger partial charge is 0.461 e. The molecule has 0 bridgehead atoms. The lowest BCUT2D eigenvalue weighted by atomic mass is 10.3. The van der Waals surface area contributed by atoms with Crippen molar-refractivity contribution in [1.82, 2.24) is 15.0 Å². The molecule has 26 heavy (non-hydrogen) atoms. The minimum Gasteiger partial charge on any atom is -0.461 e. The van der Waals surface area contributed by atoms with E-state index in [9.17, 15) is 0 Å². The van der Waals surface area contributed by atoms with Crippen molar-refractivity contribution in [3.63, 3.8) is 0 Å². The molecule has 2 rings (SSSR count). The Morgan fingerprint density at radius 1 is 1.00 bits per heavy atom. The quantitative estimate of drug-likeness (QED) is 0.444. The summed E-state index contributed by atoms with van der Waals surface area (Å²) in [6, 6.07) is 0.753. The molecule has 9 heteroatoms. The second-order valence-corrected chi connectivity index (χ2v) is 6.50. The van der Waals surface area contributed by atoms with E-state index in [2.05, 4.69) is 25.6 Å². The molecule has 0 amide bonds. The highest BCUT2D eigenvalue weighted by atomic mass is 16.5. The minimum absolute atomic E-state index is 0.00133. The molecule has 1 aromatic heterocycles. The van der Waals surface area contributed by atoms with E-state index in [1.807, 2.05) is 13.8 Å². The van der Waals surface area contributed by atoms with Gasteiger partial charge in [0.2, 0.25) is 11.9 Å². The third-order valence-corrected chi connectivity index (χ3v) is 3.81. The Balaban J connectivity index is 1.81. The lowest BCUT2D eigenvalue weighted by molar-refractivity contribution is 0.0547. The van der Waals surface area contributed by atoms with Crippen molar-refractivity contribution in [1.29, 1.82) is 0 Å². The van der Waals surface area contributed by atoms with Crippen LogP contribution in [0, 0.1) is 0 Å². The summed E-state index contributed by atoms with van der Waals surface area (Å²) in [6.07, 6.45) is 4.79. The van der Waals surface area contributed by atoms with Gasteiger partial charge in [0.15, 0.2) is 0 Å². The van der Waals surface area contributed by atoms with Gasteiger partial charge in [-0.15, -0.1) is 0 Å². The lowest BCUT2D eigenvalue weighted by Crippen LogP contribution is -2.20. The van der Waals surface area contributed by atoms with Crippen LogP contribution in [0.25, 0.3) is 0 Å². The van der Waals surface area contributed by atoms with Crippen LogP contribution in [0.4, 0.5) is 11.9 Å². The Kier molecular flexibility index (Phi) is 9.36. The average Bonchev–Trinajstić information content (AvgIpc) is 3.09. The molecule has 1 aliphatic carbocycles. The van der Waals surface area contributed by atoms with Crippen molar-refractivity contribution in [2.75, 3.05) is 50.2 Å². The molecule has 1 saturated carbocycles. The topological polar surface area (TPSA) is 116 Å². The molecule has 0 aliphatic heterocycles. The second kappa shape index (κ2) is 11.8. The number of hydrogen-bond acceptors (Lipinski definition) is 9. The minimum atomic E-state index is 0.00133. The molecular weight excluding hydrogens is 336 g/mol. The molecule has 0 spiro atoms. The van der Waals surface area contributed by atoms with Crippen LogP contribution in [0.2, 0.25) is 0 Å². The summed E-state index contributed by atoms with van der Waals surface area (Å²) in [5.41, 5.74) is 5.35. The molecule has 148 valence electrons. The molecule has 0 aromatic carbocycles. The fourth-order valence-electron chi connectivity index (χ4n) is 2.66. The number of nitrogens with one attached hydrogen (secondary N) is 2. The van der Waals surface area contributed by atoms with Crippen molar-refractivity contribution in [2.45, 2.75) is 51.7 Å². The van der Waals surface area contributed by atoms with Crippen LogP contribution in [0.15, 0.2) is 0 Å². The van der Waals surface area contributed by atoms with Crippen molar-refractivity contribution in [3.8, 4) is 6.01 Å². The number of aromatic nitrogens is 3. The van der Waals surface area contributed by atoms with Crippen molar-refractivity contribution in [3.05, 3.63) is 0 Å². The van der Waals surface area contributed by atoms with Gasteiger partial charge in [-0.3, -0.25) is 0 Å². The number of ether oxygens (including phenoxy) is 3. The fourth-order valence-corrected chi connectivity index (χ4v) is 2.66. The molecule has 1 fully saturated rings. The number of nitrogens with zero attached hydrogens (tertiary/aromatic N) is 3. The number of hydrogen-bond donors (Lipinski definition) is 3. The zero-order valence-electron chi connectivity index (χ0n) is 15.9. The van der Waals surface area contributed by atoms with Gasteiger partial charge in [0, 0.05) is 19.1 Å². The van der Waals surface area contributed by atoms with E-state index in [0.717, 1.165) is 12.8 Å². The Labute approximate surface area is 155 Å². The maximum absolute atomic E-state index is 5.64. The average molecular weight is 368 g/mol. The summed E-state index contributed by atoms with van der Waals surface area (Å²) >= 11 is 0. The molecule has 9 nitrogen and oxygen atoms in total. The fraction of sp³-hybridized carbons (Fsp3) is 0.824. The molecule has 0 unspecified atom stereocenters. The first-order valence-corrected chi connectivity index (χ1v) is 9.46. The molecule has 4 N–H and O–H groups in total. The van der Waals surface area contributed by atoms with Crippen molar-refractivity contribution in [2.24, 2.45) is 5.73 Å². The Hall–Kier alpha value is -1.71. The molecule has 1 aliphatic rings. The first kappa shape index (κ1) is 20.6. The standard InChI is InChI=1S/C17H32N6O3/c1-13(2)26-17-22-15(19-8-10-25-12-11-24-9-7-18)21-16(23-17)20-14-5-3-4-6-14/h13-14H,3-12,18H2,1-2H3,(H2,19,20,21,22,23). The van der Waals surface area contributed by atoms with Gasteiger partial charge in [0.25, 0.3) is 0 Å². The predicted octanol–water partition coefficient (Wildman–Crippen LogP) is 1.42. The molecule has 1 aromatic rings. The third kappa shape index (κ3) is 8.11. The van der Waals surface area contributed by atoms with Gasteiger partial charge in [0.05, 0.1) is 32.5 Å². The van der Waals surface area contributed by atoms with E-state index in [1.165, 1.54) is 12.8 Å². The lowest BCUT2D eigenvalue weighted by Gasteiger charge is -2.15. The van der Waals surface area contributed by atoms with E-state index < -0.39 is 0 Å². The molecule has 1 heterocycles. The molecular formula is C17H32N6O3. The Morgan fingerprint density at radius 3 is 2.38 bits per heavy atom. The normalized spacial score (nSPS) is 14.8. The Morgan fingerprint density at radius 2 is 1.69 bits per heavy atom. The van der Waals surface area contributed by atoms with E-state index in [-0.39, 0.29) is 6.10 Å². The summed E-state index contributed by atoms with van der Waals surface area (Å²) < 4.78 is 16.4. The zero-order valence-corrected chi connectivity index (χ0v) is 15.9. The summed E-state index contributed by atoms with van der Waals surface area (Å²) in [4.78, 5) is 13.1. The van der Waals surface area contributed by atoms with E-state index >= 15 is 0 Å². The summed E-state index contributed by atoms with van der Waals surface area (Å²) in [5, 5.41) is 6.54. The van der Waals surface area contributed by atoms with Crippen LogP contribution in [0.5, 0.6) is 6.01 Å². The van der Waals surface area contributed by atoms with Gasteiger partial charge in [-0.2, -0.15) is 15.0 Å². The third-order valence-electron chi connectivity index (χ3n) is 3.81. The highest BCUT2D eigenvalue weighted by molar-refractivity contribution is 5.36. The summed E-state index contributed by atoms with van der Waals surface area (Å²) in [7, 11) is 0. The van der Waals surface area contributed by atoms with Crippen LogP contribution in [0.3, 0.4) is 0 Å². The van der Waals surface area contributed by atoms with Crippen LogP contribution >= 0.6 is 0 Å². The monoisotopic (exact) mass is 368 g/mol. The first-order valence-electron chi connectivity index (χ1n) is 9.46. The second-order valence-electron chi connectivity index (χ2n) is 6.50. The van der Waals surface area contributed by atoms with Gasteiger partial charge in [-0.05, 0) is 26.7 Å². The van der Waals surface area contributed by atoms with E-state index in [1.54, 1.807) is 0 Å². The van der Waals surface area contributed by atoms with Crippen molar-refractivity contribution >= 4 is 11.9 Å². The number of rotatable bonds is 13. The maximum atomic E-state index is 5.64. The van der Waals surface area contributed by atoms with E-state index in [4.69, 9.17) is 19.9 Å². The number of anilines is 2. The van der Waals surface area contributed by atoms with Crippen LogP contribution < -0.4 is 21.1 Å². The predicted molar refractivity (Wildman–Crippen MR) is 101 cm³/mol. The van der Waals surface area contributed by atoms with E-state index in [0.29, 0.717) is 63.5 Å². The highest BCUT2D eigenvalue weighted by Crippen LogP contribution is 2.22. The van der Waals surface area contributed by atoms with Gasteiger partial charge in [0.1, 0.15) is 0 Å². The molecule has 0 atom stereocenters. The first-order chi connectivity index (χ1) is 12.7. The van der Waals surface area contributed by atoms with Crippen molar-refractivity contribution < 1.29 is 14.2 Å². The smallest absolute Gasteiger partial charge is 0.323 e. The number of nitrogens with two attached hydrogens (primary N) is 1. The van der Waals surface area contributed by atoms with Crippen LogP contribution in [-0.4, -0.2) is 66.6 Å². The van der Waals surface area contributed by atoms with Gasteiger partial charge < -0.3 is 30.6 Å². The highest BCUT2D eigenvalue weighted by Gasteiger charge is 2.17. The zero-order chi connectivity index (χ0) is 18.6. The SMILES string of the molecule is CC(C)Oc1nc(NCCOCCOCCN)nc(NC2CCCC2)n1. The van der Waals surface area contributed by atoms with Gasteiger partial charge in [-0.25, -0.2) is 0 Å². The van der Waals surface area contributed by atoms with Crippen LogP contribution in [-0.2, 0) is 9.47 Å². The summed E-state index contributed by atoms with van der Waals surface area (Å²) in [5.74, 6) is 1.04. The van der Waals surface area contributed by atoms with Gasteiger partial charge in [-0.1, -0.05) is 12.8 Å². The Bertz CT molecular complexity index is 511. The molecule has 0 saturated heterocycles. The summed E-state index contributed by atoms with van der Waals surface area (Å²) in [6.45, 7) is 7.18. The maximum Gasteiger partial charge on any atom is 0.323 e. The molecule has 0 radical (unpaired) electrons. The van der Waals surface area contributed by atoms with Gasteiger partial charge >= 0.3 is 6.01 Å².